The minimum absolute atomic E-state index is 0. The zero-order chi connectivity index (χ0) is 8.27. The summed E-state index contributed by atoms with van der Waals surface area (Å²) in [5.41, 5.74) is 11.4. The van der Waals surface area contributed by atoms with Crippen LogP contribution in [0.4, 0.5) is 5.82 Å². The van der Waals surface area contributed by atoms with Crippen molar-refractivity contribution in [1.82, 2.24) is 4.98 Å². The lowest BCUT2D eigenvalue weighted by Gasteiger charge is -1.97. The second kappa shape index (κ2) is 4.40. The topological polar surface area (TPSA) is 103 Å². The van der Waals surface area contributed by atoms with Crippen LogP contribution in [0.15, 0.2) is 23.4 Å². The maximum Gasteiger partial charge on any atom is 0.151 e. The van der Waals surface area contributed by atoms with Crippen molar-refractivity contribution in [3.8, 4) is 0 Å². The first-order chi connectivity index (χ1) is 5.24. The molecule has 6 N–H and O–H groups in total. The molecule has 1 rings (SSSR count). The molecular weight excluding hydrogens is 178 g/mol. The van der Waals surface area contributed by atoms with Gasteiger partial charge in [0.25, 0.3) is 0 Å². The smallest absolute Gasteiger partial charge is 0.151 e. The highest BCUT2D eigenvalue weighted by molar-refractivity contribution is 5.97. The number of nitrogens with two attached hydrogens (primary N) is 3. The van der Waals surface area contributed by atoms with Gasteiger partial charge in [0.05, 0.1) is 0 Å². The fourth-order valence-electron chi connectivity index (χ4n) is 0.631. The van der Waals surface area contributed by atoms with Crippen LogP contribution in [0.3, 0.4) is 0 Å². The molecule has 0 aliphatic carbocycles. The van der Waals surface area contributed by atoms with E-state index in [0.717, 1.165) is 0 Å². The molecule has 0 bridgehead atoms. The normalized spacial score (nSPS) is 10.5. The van der Waals surface area contributed by atoms with Gasteiger partial charge >= 0.3 is 0 Å². The van der Waals surface area contributed by atoms with Crippen molar-refractivity contribution in [3.05, 3.63) is 23.9 Å². The Labute approximate surface area is 76.1 Å². The Morgan fingerprint density at radius 1 is 1.42 bits per heavy atom. The number of nitrogen functional groups attached to an aromatic ring is 1. The molecule has 0 radical (unpaired) electrons. The van der Waals surface area contributed by atoms with Crippen molar-refractivity contribution < 1.29 is 0 Å². The standard InChI is InChI=1S/C6H9N5.ClH/c7-5-2-1-4(3-10-5)6(8)11-9;/h1-3H,9H2,(H2,7,10)(H2,8,11);1H. The molecule has 0 aliphatic heterocycles. The van der Waals surface area contributed by atoms with Gasteiger partial charge in [-0.1, -0.05) is 0 Å². The molecule has 5 nitrogen and oxygen atoms in total. The quantitative estimate of drug-likeness (QED) is 0.242. The molecule has 0 unspecified atom stereocenters. The van der Waals surface area contributed by atoms with Crippen LogP contribution in [0.5, 0.6) is 0 Å². The molecule has 12 heavy (non-hydrogen) atoms. The van der Waals surface area contributed by atoms with Gasteiger partial charge < -0.3 is 17.3 Å². The van der Waals surface area contributed by atoms with Crippen LogP contribution in [-0.4, -0.2) is 10.8 Å². The van der Waals surface area contributed by atoms with Crippen molar-refractivity contribution in [2.24, 2.45) is 16.7 Å². The summed E-state index contributed by atoms with van der Waals surface area (Å²) in [6, 6.07) is 3.33. The molecule has 1 aromatic rings. The summed E-state index contributed by atoms with van der Waals surface area (Å²) < 4.78 is 0. The molecule has 0 saturated carbocycles. The van der Waals surface area contributed by atoms with Crippen molar-refractivity contribution in [3.63, 3.8) is 0 Å². The van der Waals surface area contributed by atoms with E-state index >= 15 is 0 Å². The minimum atomic E-state index is 0. The highest BCUT2D eigenvalue weighted by atomic mass is 35.5. The van der Waals surface area contributed by atoms with E-state index in [2.05, 4.69) is 10.1 Å². The van der Waals surface area contributed by atoms with E-state index in [1.165, 1.54) is 6.20 Å². The van der Waals surface area contributed by atoms with Crippen molar-refractivity contribution in [2.45, 2.75) is 0 Å². The monoisotopic (exact) mass is 187 g/mol. The highest BCUT2D eigenvalue weighted by Crippen LogP contribution is 1.99. The molecule has 1 heterocycles. The van der Waals surface area contributed by atoms with Crippen LogP contribution in [0, 0.1) is 0 Å². The second-order valence-electron chi connectivity index (χ2n) is 1.99. The number of aromatic nitrogens is 1. The molecule has 0 aromatic carbocycles. The van der Waals surface area contributed by atoms with Gasteiger partial charge in [-0.25, -0.2) is 4.98 Å². The number of hydrogen-bond acceptors (Lipinski definition) is 4. The summed E-state index contributed by atoms with van der Waals surface area (Å²) in [6.07, 6.45) is 1.51. The lowest BCUT2D eigenvalue weighted by atomic mass is 10.2. The number of rotatable bonds is 1. The lowest BCUT2D eigenvalue weighted by Crippen LogP contribution is -2.15. The van der Waals surface area contributed by atoms with Gasteiger partial charge in [0.2, 0.25) is 0 Å². The highest BCUT2D eigenvalue weighted by Gasteiger charge is 1.96. The SMILES string of the molecule is Cl.N/N=C(\N)c1ccc(N)nc1. The predicted molar refractivity (Wildman–Crippen MR) is 50.8 cm³/mol. The predicted octanol–water partition coefficient (Wildman–Crippen LogP) is -0.335. The molecule has 0 atom stereocenters. The van der Waals surface area contributed by atoms with Gasteiger partial charge in [-0.15, -0.1) is 12.4 Å². The first kappa shape index (κ1) is 10.5. The van der Waals surface area contributed by atoms with E-state index in [-0.39, 0.29) is 18.2 Å². The van der Waals surface area contributed by atoms with Crippen LogP contribution >= 0.6 is 12.4 Å². The summed E-state index contributed by atoms with van der Waals surface area (Å²) in [5, 5.41) is 3.30. The molecule has 0 aliphatic rings. The van der Waals surface area contributed by atoms with E-state index < -0.39 is 0 Å². The zero-order valence-corrected chi connectivity index (χ0v) is 7.08. The Kier molecular flexibility index (Phi) is 3.85. The van der Waals surface area contributed by atoms with Crippen molar-refractivity contribution in [1.29, 1.82) is 0 Å². The summed E-state index contributed by atoms with van der Waals surface area (Å²) in [6.45, 7) is 0. The number of nitrogens with zero attached hydrogens (tertiary/aromatic N) is 2. The van der Waals surface area contributed by atoms with Crippen LogP contribution in [-0.2, 0) is 0 Å². The third-order valence-corrected chi connectivity index (χ3v) is 1.22. The molecule has 0 amide bonds. The van der Waals surface area contributed by atoms with Gasteiger partial charge in [0, 0.05) is 11.8 Å². The van der Waals surface area contributed by atoms with E-state index in [4.69, 9.17) is 17.3 Å². The largest absolute Gasteiger partial charge is 0.384 e. The number of hydrogen-bond donors (Lipinski definition) is 3. The van der Waals surface area contributed by atoms with Crippen LogP contribution in [0.25, 0.3) is 0 Å². The van der Waals surface area contributed by atoms with Crippen molar-refractivity contribution >= 4 is 24.1 Å². The molecule has 66 valence electrons. The molecular formula is C6H10ClN5. The average molecular weight is 188 g/mol. The average Bonchev–Trinajstić information content (AvgIpc) is 2.05. The maximum absolute atomic E-state index is 5.39. The first-order valence-corrected chi connectivity index (χ1v) is 2.99. The molecule has 6 heteroatoms. The molecule has 0 fully saturated rings. The number of amidine groups is 1. The number of pyridine rings is 1. The van der Waals surface area contributed by atoms with Crippen LogP contribution in [0.2, 0.25) is 0 Å². The summed E-state index contributed by atoms with van der Waals surface area (Å²) >= 11 is 0. The Hall–Kier alpha value is -1.49. The zero-order valence-electron chi connectivity index (χ0n) is 6.27. The minimum Gasteiger partial charge on any atom is -0.384 e. The van der Waals surface area contributed by atoms with E-state index in [9.17, 15) is 0 Å². The van der Waals surface area contributed by atoms with E-state index in [1.54, 1.807) is 12.1 Å². The van der Waals surface area contributed by atoms with Gasteiger partial charge in [0.1, 0.15) is 5.82 Å². The second-order valence-corrected chi connectivity index (χ2v) is 1.99. The van der Waals surface area contributed by atoms with E-state index in [1.807, 2.05) is 0 Å². The molecule has 0 saturated heterocycles. The molecule has 0 spiro atoms. The van der Waals surface area contributed by atoms with Crippen LogP contribution < -0.4 is 17.3 Å². The fourth-order valence-corrected chi connectivity index (χ4v) is 0.631. The Bertz CT molecular complexity index is 268. The number of hydrazone groups is 1. The lowest BCUT2D eigenvalue weighted by molar-refractivity contribution is 1.22. The van der Waals surface area contributed by atoms with Gasteiger partial charge in [-0.3, -0.25) is 0 Å². The first-order valence-electron chi connectivity index (χ1n) is 2.99. The van der Waals surface area contributed by atoms with Gasteiger partial charge in [0.15, 0.2) is 5.84 Å². The Balaban J connectivity index is 0.00000121. The van der Waals surface area contributed by atoms with Crippen LogP contribution in [0.1, 0.15) is 5.56 Å². The van der Waals surface area contributed by atoms with Crippen molar-refractivity contribution in [2.75, 3.05) is 5.73 Å². The van der Waals surface area contributed by atoms with Gasteiger partial charge in [-0.05, 0) is 12.1 Å². The number of halogens is 1. The summed E-state index contributed by atoms with van der Waals surface area (Å²) in [7, 11) is 0. The third kappa shape index (κ3) is 2.28. The Morgan fingerprint density at radius 2 is 2.08 bits per heavy atom. The Morgan fingerprint density at radius 3 is 2.50 bits per heavy atom. The summed E-state index contributed by atoms with van der Waals surface area (Å²) in [4.78, 5) is 3.81. The fraction of sp³-hybridized carbons (Fsp3) is 0. The van der Waals surface area contributed by atoms with Gasteiger partial charge in [-0.2, -0.15) is 5.10 Å². The molecule has 1 aromatic heterocycles. The third-order valence-electron chi connectivity index (χ3n) is 1.22. The number of anilines is 1. The maximum atomic E-state index is 5.39. The summed E-state index contributed by atoms with van der Waals surface area (Å²) in [5.74, 6) is 5.64. The van der Waals surface area contributed by atoms with E-state index in [0.29, 0.717) is 11.4 Å².